The molecule has 0 radical (unpaired) electrons. The van der Waals surface area contributed by atoms with Crippen molar-refractivity contribution in [2.24, 2.45) is 11.3 Å². The second kappa shape index (κ2) is 20.1. The number of aryl methyl sites for hydroxylation is 6. The maximum absolute atomic E-state index is 7.09. The quantitative estimate of drug-likeness (QED) is 0.149. The number of hydrogen-bond donors (Lipinski definition) is 0. The van der Waals surface area contributed by atoms with E-state index in [4.69, 9.17) is 23.2 Å². The molecule has 1 atom stereocenters. The number of halogens is 4. The fourth-order valence-corrected chi connectivity index (χ4v) is 20.9. The molecule has 68 heavy (non-hydrogen) atoms. The summed E-state index contributed by atoms with van der Waals surface area (Å²) in [5.41, 5.74) is 25.8. The van der Waals surface area contributed by atoms with Gasteiger partial charge in [-0.25, -0.2) is 0 Å². The van der Waals surface area contributed by atoms with Crippen molar-refractivity contribution in [1.29, 1.82) is 0 Å². The van der Waals surface area contributed by atoms with Gasteiger partial charge < -0.3 is 24.8 Å². The Morgan fingerprint density at radius 1 is 0.559 bits per heavy atom. The van der Waals surface area contributed by atoms with Crippen LogP contribution in [0, 0.1) is 52.9 Å². The summed E-state index contributed by atoms with van der Waals surface area (Å²) in [7, 11) is 0. The summed E-state index contributed by atoms with van der Waals surface area (Å²) in [6, 6.07) is 34.8. The van der Waals surface area contributed by atoms with Gasteiger partial charge in [-0.05, 0) is 0 Å². The van der Waals surface area contributed by atoms with E-state index >= 15 is 0 Å². The van der Waals surface area contributed by atoms with Crippen LogP contribution in [0.25, 0.3) is 33.4 Å². The Bertz CT molecular complexity index is 2970. The Morgan fingerprint density at radius 3 is 1.50 bits per heavy atom. The van der Waals surface area contributed by atoms with E-state index in [2.05, 4.69) is 202 Å². The molecule has 0 saturated carbocycles. The zero-order chi connectivity index (χ0) is 47.9. The van der Waals surface area contributed by atoms with E-state index in [1.54, 1.807) is 6.55 Å². The molecule has 6 aromatic rings. The van der Waals surface area contributed by atoms with Crippen molar-refractivity contribution in [2.75, 3.05) is 0 Å². The molecule has 0 bridgehead atoms. The minimum atomic E-state index is -3.49. The predicted octanol–water partition coefficient (Wildman–Crippen LogP) is 11.8. The molecular formula is C63H70Cl4Zr. The van der Waals surface area contributed by atoms with E-state index in [0.717, 1.165) is 22.9 Å². The predicted molar refractivity (Wildman–Crippen MR) is 287 cm³/mol. The number of fused-ring (bicyclic) bond motifs is 3. The molecule has 0 N–H and O–H groups in total. The van der Waals surface area contributed by atoms with Gasteiger partial charge >= 0.3 is 419 Å². The molecule has 6 aromatic carbocycles. The van der Waals surface area contributed by atoms with Crippen molar-refractivity contribution < 1.29 is 46.1 Å². The number of hydrogen-bond acceptors (Lipinski definition) is 0. The van der Waals surface area contributed by atoms with Crippen LogP contribution in [0.15, 0.2) is 112 Å². The standard InChI is InChI=1S/C39H45.C13H8Cl2.C11H17.2ClH.Zr/c1-22-13-24(3)36(25(4)14-22)32-18-28-17-29-19-33(37-26(5)15-23(2)16-27(37)6)35(39(10,11)12)21-31(29)30(28)20-34(32)38(7,8)9;14-12-5-1-3-10(8-12)7-11-4-2-6-13(15)9-11;1-5-9-6-7-10(8-9)11(2,3)4;;;/h13-16,18,20-21H,17H2,1-12H3;1-6,8-9H;7-9H,5H2,1-4H3;2*1H;/q;;;;;+2/p-2. The van der Waals surface area contributed by atoms with Gasteiger partial charge in [0.05, 0.1) is 0 Å². The number of allylic oxidation sites excluding steroid dienone is 4. The molecule has 0 heterocycles. The van der Waals surface area contributed by atoms with Gasteiger partial charge in [0, 0.05) is 0 Å². The average Bonchev–Trinajstić information content (AvgIpc) is 3.80. The topological polar surface area (TPSA) is 0 Å². The molecule has 0 saturated heterocycles. The molecule has 0 aromatic heterocycles. The first-order valence-electron chi connectivity index (χ1n) is 24.1. The fraction of sp³-hybridized carbons (Fsp3) is 0.349. The molecule has 354 valence electrons. The van der Waals surface area contributed by atoms with Crippen LogP contribution in [0.5, 0.6) is 0 Å². The maximum Gasteiger partial charge on any atom is -1.00 e. The second-order valence-corrected chi connectivity index (χ2v) is 29.3. The number of benzene rings is 6. The zero-order valence-electron chi connectivity index (χ0n) is 43.3. The van der Waals surface area contributed by atoms with E-state index in [1.165, 1.54) is 109 Å². The maximum atomic E-state index is 7.09. The summed E-state index contributed by atoms with van der Waals surface area (Å²) in [4.78, 5) is 0. The molecular weight excluding hydrogens is 990 g/mol. The minimum absolute atomic E-state index is 0. The third-order valence-electron chi connectivity index (χ3n) is 14.2. The smallest absolute Gasteiger partial charge is 1.00 e. The monoisotopic (exact) mass is 1060 g/mol. The summed E-state index contributed by atoms with van der Waals surface area (Å²) in [6.45, 7) is 37.8. The first-order chi connectivity index (χ1) is 30.9. The van der Waals surface area contributed by atoms with Crippen molar-refractivity contribution >= 4 is 29.7 Å². The Balaban J connectivity index is 0.00000381. The van der Waals surface area contributed by atoms with Crippen LogP contribution in [0.4, 0.5) is 0 Å². The van der Waals surface area contributed by atoms with Crippen LogP contribution in [-0.2, 0) is 38.5 Å². The molecule has 2 aliphatic rings. The Hall–Kier alpha value is -3.29. The van der Waals surface area contributed by atoms with E-state index < -0.39 is 21.3 Å². The molecule has 8 rings (SSSR count). The molecule has 1 unspecified atom stereocenters. The van der Waals surface area contributed by atoms with Gasteiger partial charge in [0.2, 0.25) is 0 Å². The van der Waals surface area contributed by atoms with Gasteiger partial charge in [0.1, 0.15) is 0 Å². The molecule has 0 aliphatic heterocycles. The van der Waals surface area contributed by atoms with Crippen molar-refractivity contribution in [1.82, 2.24) is 0 Å². The van der Waals surface area contributed by atoms with Crippen LogP contribution in [0.2, 0.25) is 10.0 Å². The van der Waals surface area contributed by atoms with E-state index in [-0.39, 0.29) is 41.1 Å². The van der Waals surface area contributed by atoms with Gasteiger partial charge in [-0.15, -0.1) is 0 Å². The molecule has 0 amide bonds. The van der Waals surface area contributed by atoms with Gasteiger partial charge in [0.25, 0.3) is 0 Å². The van der Waals surface area contributed by atoms with E-state index in [9.17, 15) is 0 Å². The summed E-state index contributed by atoms with van der Waals surface area (Å²) >= 11 is 10.7. The summed E-state index contributed by atoms with van der Waals surface area (Å²) in [6.07, 6.45) is 7.23. The Morgan fingerprint density at radius 2 is 1.04 bits per heavy atom. The van der Waals surface area contributed by atoms with Crippen LogP contribution in [0.1, 0.15) is 142 Å². The zero-order valence-corrected chi connectivity index (χ0v) is 48.8. The molecule has 2 aliphatic carbocycles. The first kappa shape index (κ1) is 54.1. The molecule has 5 heteroatoms. The van der Waals surface area contributed by atoms with Crippen LogP contribution >= 0.6 is 23.2 Å². The van der Waals surface area contributed by atoms with Crippen LogP contribution < -0.4 is 28.1 Å². The fourth-order valence-electron chi connectivity index (χ4n) is 11.4. The molecule has 0 spiro atoms. The Labute approximate surface area is 440 Å². The van der Waals surface area contributed by atoms with Crippen LogP contribution in [0.3, 0.4) is 0 Å². The first-order valence-corrected chi connectivity index (χ1v) is 28.6. The minimum Gasteiger partial charge on any atom is -1.00 e. The van der Waals surface area contributed by atoms with E-state index in [1.807, 2.05) is 12.1 Å². The molecule has 0 nitrogen and oxygen atoms in total. The van der Waals surface area contributed by atoms with Gasteiger partial charge in [-0.3, -0.25) is 0 Å². The third kappa shape index (κ3) is 10.2. The van der Waals surface area contributed by atoms with Gasteiger partial charge in [0.15, 0.2) is 0 Å². The summed E-state index contributed by atoms with van der Waals surface area (Å²) in [5.74, 6) is 0.319. The van der Waals surface area contributed by atoms with E-state index in [0.29, 0.717) is 5.92 Å². The van der Waals surface area contributed by atoms with Crippen LogP contribution in [-0.4, -0.2) is 3.21 Å². The normalized spacial score (nSPS) is 14.3. The van der Waals surface area contributed by atoms with Crippen molar-refractivity contribution in [2.45, 2.75) is 134 Å². The molecule has 0 fully saturated rings. The van der Waals surface area contributed by atoms with Gasteiger partial charge in [-0.1, -0.05) is 0 Å². The second-order valence-electron chi connectivity index (χ2n) is 22.7. The average molecular weight is 1060 g/mol. The third-order valence-corrected chi connectivity index (χ3v) is 22.6. The van der Waals surface area contributed by atoms with Crippen molar-refractivity contribution in [3.8, 4) is 33.4 Å². The van der Waals surface area contributed by atoms with Gasteiger partial charge in [-0.2, -0.15) is 0 Å². The largest absolute Gasteiger partial charge is 1.00 e. The Kier molecular flexibility index (Phi) is 16.0. The SMILES string of the molecule is CCC1C=C(C(C)(C)C)C=[C]1[Zr+2](=[C](c1cccc(Cl)c1)c1cccc(Cl)c1)[c]1c2c(cc(C(C)(C)C)c1-c1c(C)cc(C)cc1C)-c1cc(C(C)(C)C)c(-c3c(C)cc(C)cc3C)cc1C2.[Cl-].[Cl-]. The number of rotatable bonds is 7. The summed E-state index contributed by atoms with van der Waals surface area (Å²) in [5, 5.41) is 1.51. The summed E-state index contributed by atoms with van der Waals surface area (Å²) < 4.78 is 4.68. The van der Waals surface area contributed by atoms with Crippen molar-refractivity contribution in [3.05, 3.63) is 189 Å². The van der Waals surface area contributed by atoms with Crippen molar-refractivity contribution in [3.63, 3.8) is 0 Å².